The Morgan fingerprint density at radius 1 is 1.24 bits per heavy atom. The van der Waals surface area contributed by atoms with Crippen LogP contribution < -0.4 is 21.3 Å². The van der Waals surface area contributed by atoms with Crippen LogP contribution in [0.25, 0.3) is 11.2 Å². The lowest BCUT2D eigenvalue weighted by Gasteiger charge is -2.18. The summed E-state index contributed by atoms with van der Waals surface area (Å²) >= 11 is 3.50. The van der Waals surface area contributed by atoms with Crippen LogP contribution >= 0.6 is 15.9 Å². The molecular weight excluding hydrogens is 506 g/mol. The van der Waals surface area contributed by atoms with Crippen LogP contribution in [0.3, 0.4) is 0 Å². The Morgan fingerprint density at radius 2 is 2.00 bits per heavy atom. The maximum absolute atomic E-state index is 13.3. The first kappa shape index (κ1) is 26.0. The molecule has 0 radical (unpaired) electrons. The summed E-state index contributed by atoms with van der Waals surface area (Å²) in [5, 5.41) is 23.2. The van der Waals surface area contributed by atoms with E-state index in [1.54, 1.807) is 18.6 Å². The third kappa shape index (κ3) is 4.64. The number of nitrogens with one attached hydrogen (secondary N) is 1. The number of benzene rings is 1. The maximum atomic E-state index is 13.3. The van der Waals surface area contributed by atoms with Gasteiger partial charge in [0.05, 0.1) is 43.4 Å². The smallest absolute Gasteiger partial charge is 0.332 e. The molecule has 1 aliphatic rings. The molecule has 3 N–H and O–H groups in total. The molecule has 2 atom stereocenters. The number of aliphatic hydroxyl groups excluding tert-OH is 2. The van der Waals surface area contributed by atoms with Crippen LogP contribution in [0.2, 0.25) is 0 Å². The Labute approximate surface area is 205 Å². The van der Waals surface area contributed by atoms with E-state index in [1.807, 2.05) is 18.2 Å². The third-order valence-electron chi connectivity index (χ3n) is 6.11. The first-order chi connectivity index (χ1) is 15.9. The second-order valence-electron chi connectivity index (χ2n) is 8.12. The van der Waals surface area contributed by atoms with Gasteiger partial charge in [-0.05, 0) is 59.8 Å². The third-order valence-corrected chi connectivity index (χ3v) is 6.72. The lowest BCUT2D eigenvalue weighted by atomic mass is 10.2. The number of anilines is 1. The van der Waals surface area contributed by atoms with Crippen LogP contribution in [0.15, 0.2) is 32.3 Å². The van der Waals surface area contributed by atoms with Gasteiger partial charge in [-0.15, -0.1) is 0 Å². The minimum absolute atomic E-state index is 0. The van der Waals surface area contributed by atoms with Crippen molar-refractivity contribution in [3.05, 3.63) is 49.1 Å². The van der Waals surface area contributed by atoms with Gasteiger partial charge in [0.25, 0.3) is 5.56 Å². The van der Waals surface area contributed by atoms with Gasteiger partial charge >= 0.3 is 5.69 Å². The highest BCUT2D eigenvalue weighted by Gasteiger charge is 2.28. The molecule has 1 aromatic carbocycles. The van der Waals surface area contributed by atoms with E-state index in [9.17, 15) is 19.8 Å². The van der Waals surface area contributed by atoms with Crippen molar-refractivity contribution >= 4 is 33.0 Å². The number of imidazole rings is 1. The van der Waals surface area contributed by atoms with E-state index < -0.39 is 17.4 Å². The van der Waals surface area contributed by atoms with Gasteiger partial charge in [0, 0.05) is 6.54 Å². The molecule has 0 bridgehead atoms. The van der Waals surface area contributed by atoms with Crippen LogP contribution in [-0.4, -0.2) is 54.8 Å². The minimum Gasteiger partial charge on any atom is -0.496 e. The molecule has 1 aliphatic carbocycles. The van der Waals surface area contributed by atoms with Crippen molar-refractivity contribution in [2.24, 2.45) is 0 Å². The van der Waals surface area contributed by atoms with Crippen molar-refractivity contribution in [2.45, 2.75) is 65.4 Å². The fourth-order valence-electron chi connectivity index (χ4n) is 4.40. The largest absolute Gasteiger partial charge is 0.496 e. The van der Waals surface area contributed by atoms with Gasteiger partial charge in [0.15, 0.2) is 11.2 Å². The van der Waals surface area contributed by atoms with Crippen molar-refractivity contribution < 1.29 is 14.9 Å². The van der Waals surface area contributed by atoms with E-state index in [1.165, 1.54) is 4.57 Å². The average molecular weight is 538 g/mol. The first-order valence-electron chi connectivity index (χ1n) is 11.0. The van der Waals surface area contributed by atoms with E-state index in [0.29, 0.717) is 24.7 Å². The summed E-state index contributed by atoms with van der Waals surface area (Å²) < 4.78 is 10.3. The highest BCUT2D eigenvalue weighted by atomic mass is 79.9. The Kier molecular flexibility index (Phi) is 8.21. The Hall–Kier alpha value is -2.63. The summed E-state index contributed by atoms with van der Waals surface area (Å²) in [5.41, 5.74) is 0.428. The molecule has 0 aliphatic heterocycles. The number of fused-ring (bicyclic) bond motifs is 1. The summed E-state index contributed by atoms with van der Waals surface area (Å²) in [6.45, 7) is 1.99. The van der Waals surface area contributed by atoms with Crippen molar-refractivity contribution in [2.75, 3.05) is 19.0 Å². The summed E-state index contributed by atoms with van der Waals surface area (Å²) in [6, 6.07) is 5.43. The lowest BCUT2D eigenvalue weighted by Crippen LogP contribution is -2.40. The second kappa shape index (κ2) is 10.7. The SMILES string of the molecule is C.CCn1c(=O)c2c(nc(N[C@@H]3CCC[C@H]3O)n2Cc2ccc(OC)c(Br)c2)n(CCO)c1=O. The second-order valence-corrected chi connectivity index (χ2v) is 8.97. The fraction of sp³-hybridized carbons (Fsp3) is 0.522. The molecule has 186 valence electrons. The van der Waals surface area contributed by atoms with Gasteiger partial charge < -0.3 is 20.3 Å². The number of hydrogen-bond donors (Lipinski definition) is 3. The predicted octanol–water partition coefficient (Wildman–Crippen LogP) is 2.15. The highest BCUT2D eigenvalue weighted by Crippen LogP contribution is 2.28. The highest BCUT2D eigenvalue weighted by molar-refractivity contribution is 9.10. The molecule has 0 spiro atoms. The summed E-state index contributed by atoms with van der Waals surface area (Å²) in [5.74, 6) is 1.09. The van der Waals surface area contributed by atoms with Gasteiger partial charge in [0.2, 0.25) is 5.95 Å². The number of methoxy groups -OCH3 is 1. The van der Waals surface area contributed by atoms with E-state index in [4.69, 9.17) is 4.74 Å². The zero-order valence-corrected chi connectivity index (χ0v) is 20.2. The number of aromatic nitrogens is 4. The van der Waals surface area contributed by atoms with Gasteiger partial charge in [-0.25, -0.2) is 4.79 Å². The van der Waals surface area contributed by atoms with Crippen LogP contribution in [-0.2, 0) is 19.6 Å². The molecule has 11 heteroatoms. The molecule has 0 unspecified atom stereocenters. The molecular formula is C23H32BrN5O5. The Balaban J connectivity index is 0.00000324. The van der Waals surface area contributed by atoms with Crippen LogP contribution in [0, 0.1) is 0 Å². The quantitative estimate of drug-likeness (QED) is 0.402. The van der Waals surface area contributed by atoms with E-state index >= 15 is 0 Å². The molecule has 4 rings (SSSR count). The number of hydrogen-bond acceptors (Lipinski definition) is 7. The normalized spacial score (nSPS) is 17.7. The van der Waals surface area contributed by atoms with Gasteiger partial charge in [-0.1, -0.05) is 13.5 Å². The molecule has 0 amide bonds. The summed E-state index contributed by atoms with van der Waals surface area (Å²) in [7, 11) is 1.59. The number of aliphatic hydroxyl groups is 2. The average Bonchev–Trinajstić information content (AvgIpc) is 3.35. The molecule has 2 heterocycles. The van der Waals surface area contributed by atoms with Crippen LogP contribution in [0.1, 0.15) is 39.2 Å². The van der Waals surface area contributed by atoms with Crippen molar-refractivity contribution in [3.8, 4) is 5.75 Å². The summed E-state index contributed by atoms with van der Waals surface area (Å²) in [6.07, 6.45) is 1.85. The van der Waals surface area contributed by atoms with E-state index in [2.05, 4.69) is 26.2 Å². The zero-order valence-electron chi connectivity index (χ0n) is 18.6. The van der Waals surface area contributed by atoms with Gasteiger partial charge in [-0.2, -0.15) is 4.98 Å². The van der Waals surface area contributed by atoms with Crippen molar-refractivity contribution in [1.82, 2.24) is 18.7 Å². The number of ether oxygens (including phenoxy) is 1. The van der Waals surface area contributed by atoms with Crippen LogP contribution in [0.4, 0.5) is 5.95 Å². The number of rotatable bonds is 8. The van der Waals surface area contributed by atoms with Gasteiger partial charge in [0.1, 0.15) is 5.75 Å². The molecule has 2 aromatic heterocycles. The fourth-order valence-corrected chi connectivity index (χ4v) is 4.99. The molecule has 1 saturated carbocycles. The number of halogens is 1. The molecule has 3 aromatic rings. The van der Waals surface area contributed by atoms with Crippen molar-refractivity contribution in [1.29, 1.82) is 0 Å². The molecule has 0 saturated heterocycles. The van der Waals surface area contributed by atoms with Crippen molar-refractivity contribution in [3.63, 3.8) is 0 Å². The summed E-state index contributed by atoms with van der Waals surface area (Å²) in [4.78, 5) is 30.9. The topological polar surface area (TPSA) is 124 Å². The monoisotopic (exact) mass is 537 g/mol. The zero-order chi connectivity index (χ0) is 23.7. The van der Waals surface area contributed by atoms with Crippen LogP contribution in [0.5, 0.6) is 5.75 Å². The standard InChI is InChI=1S/C22H28BrN5O5.CH4/c1-3-26-20(31)18-19(27(9-10-29)22(26)32)25-21(24-15-5-4-6-16(15)30)28(18)12-13-7-8-17(33-2)14(23)11-13;/h7-8,11,15-16,29-30H,3-6,9-10,12H2,1-2H3,(H,24,25);1H4/t15-,16-;/m1./s1. The molecule has 10 nitrogen and oxygen atoms in total. The minimum atomic E-state index is -0.514. The van der Waals surface area contributed by atoms with E-state index in [0.717, 1.165) is 27.4 Å². The molecule has 1 fully saturated rings. The Bertz CT molecular complexity index is 1280. The van der Waals surface area contributed by atoms with E-state index in [-0.39, 0.29) is 44.3 Å². The van der Waals surface area contributed by atoms with Gasteiger partial charge in [-0.3, -0.25) is 18.5 Å². The Morgan fingerprint density at radius 3 is 2.59 bits per heavy atom. The lowest BCUT2D eigenvalue weighted by molar-refractivity contribution is 0.171. The maximum Gasteiger partial charge on any atom is 0.332 e. The predicted molar refractivity (Wildman–Crippen MR) is 135 cm³/mol. The number of nitrogens with zero attached hydrogens (tertiary/aromatic N) is 4. The molecule has 34 heavy (non-hydrogen) atoms. The first-order valence-corrected chi connectivity index (χ1v) is 11.8.